The fourth-order valence-corrected chi connectivity index (χ4v) is 2.99. The van der Waals surface area contributed by atoms with Crippen LogP contribution in [0.15, 0.2) is 34.1 Å². The zero-order valence-electron chi connectivity index (χ0n) is 11.8. The van der Waals surface area contributed by atoms with Crippen LogP contribution in [0, 0.1) is 0 Å². The molecule has 0 atom stereocenters. The molecule has 12 heteroatoms. The lowest BCUT2D eigenvalue weighted by atomic mass is 10.3. The molecule has 0 fully saturated rings. The number of rotatable bonds is 6. The number of aromatic nitrogens is 2. The van der Waals surface area contributed by atoms with Gasteiger partial charge in [0.25, 0.3) is 10.0 Å². The van der Waals surface area contributed by atoms with Crippen molar-refractivity contribution in [1.82, 2.24) is 14.7 Å². The molecule has 0 aliphatic rings. The highest BCUT2D eigenvalue weighted by Gasteiger charge is 2.28. The normalized spacial score (nSPS) is 12.0. The Hall–Kier alpha value is -2.21. The smallest absolute Gasteiger partial charge is 0.422 e. The van der Waals surface area contributed by atoms with E-state index < -0.39 is 28.7 Å². The average Bonchev–Trinajstić information content (AvgIpc) is 2.97. The van der Waals surface area contributed by atoms with Gasteiger partial charge in [0.1, 0.15) is 4.90 Å². The van der Waals surface area contributed by atoms with E-state index in [2.05, 4.69) is 14.7 Å². The number of carbonyl (C=O) groups is 1. The van der Waals surface area contributed by atoms with E-state index in [1.54, 1.807) is 5.38 Å². The van der Waals surface area contributed by atoms with Gasteiger partial charge in [-0.05, 0) is 6.07 Å². The van der Waals surface area contributed by atoms with E-state index in [1.165, 1.54) is 16.8 Å². The lowest BCUT2D eigenvalue weighted by Crippen LogP contribution is -2.32. The van der Waals surface area contributed by atoms with Gasteiger partial charge >= 0.3 is 6.18 Å². The van der Waals surface area contributed by atoms with Crippen LogP contribution in [0.4, 0.5) is 13.2 Å². The number of alkyl halides is 3. The molecule has 7 nitrogen and oxygen atoms in total. The maximum absolute atomic E-state index is 12.0. The first-order valence-electron chi connectivity index (χ1n) is 6.24. The van der Waals surface area contributed by atoms with Gasteiger partial charge in [-0.25, -0.2) is 23.1 Å². The Morgan fingerprint density at radius 2 is 2.04 bits per heavy atom. The number of thiazole rings is 1. The molecule has 0 aliphatic carbocycles. The Morgan fingerprint density at radius 1 is 1.29 bits per heavy atom. The minimum atomic E-state index is -4.53. The molecule has 2 aromatic heterocycles. The van der Waals surface area contributed by atoms with Gasteiger partial charge in [0, 0.05) is 11.4 Å². The first kappa shape index (κ1) is 18.1. The molecule has 0 aliphatic heterocycles. The van der Waals surface area contributed by atoms with Crippen molar-refractivity contribution in [3.8, 4) is 5.88 Å². The molecular weight excluding hydrogens is 371 g/mol. The van der Waals surface area contributed by atoms with E-state index in [1.807, 2.05) is 4.72 Å². The fraction of sp³-hybridized carbons (Fsp3) is 0.250. The summed E-state index contributed by atoms with van der Waals surface area (Å²) in [5.74, 6) is -1.18. The monoisotopic (exact) mass is 381 g/mol. The van der Waals surface area contributed by atoms with Crippen LogP contribution in [-0.2, 0) is 21.2 Å². The van der Waals surface area contributed by atoms with Gasteiger partial charge in [0.2, 0.25) is 11.8 Å². The lowest BCUT2D eigenvalue weighted by Gasteiger charge is -2.09. The average molecular weight is 381 g/mol. The second kappa shape index (κ2) is 7.13. The van der Waals surface area contributed by atoms with Crippen molar-refractivity contribution in [3.05, 3.63) is 34.9 Å². The van der Waals surface area contributed by atoms with Gasteiger partial charge in [-0.1, -0.05) is 0 Å². The molecule has 24 heavy (non-hydrogen) atoms. The molecule has 0 saturated carbocycles. The molecule has 0 aromatic carbocycles. The third-order valence-corrected chi connectivity index (χ3v) is 4.47. The summed E-state index contributed by atoms with van der Waals surface area (Å²) in [6, 6.07) is 1.95. The van der Waals surface area contributed by atoms with Crippen molar-refractivity contribution in [2.24, 2.45) is 0 Å². The molecule has 0 bridgehead atoms. The van der Waals surface area contributed by atoms with Crippen molar-refractivity contribution in [3.63, 3.8) is 0 Å². The minimum Gasteiger partial charge on any atom is -0.468 e. The van der Waals surface area contributed by atoms with Crippen LogP contribution < -0.4 is 9.46 Å². The second-order valence-corrected chi connectivity index (χ2v) is 6.82. The Bertz CT molecular complexity index is 790. The van der Waals surface area contributed by atoms with E-state index in [0.717, 1.165) is 18.3 Å². The fourth-order valence-electron chi connectivity index (χ4n) is 1.50. The van der Waals surface area contributed by atoms with Crippen molar-refractivity contribution in [1.29, 1.82) is 0 Å². The zero-order chi connectivity index (χ0) is 17.8. The number of halogens is 3. The predicted molar refractivity (Wildman–Crippen MR) is 76.9 cm³/mol. The summed E-state index contributed by atoms with van der Waals surface area (Å²) in [4.78, 5) is 18.6. The van der Waals surface area contributed by atoms with Crippen LogP contribution in [-0.4, -0.2) is 37.1 Å². The molecule has 2 rings (SSSR count). The van der Waals surface area contributed by atoms with E-state index in [4.69, 9.17) is 0 Å². The first-order valence-corrected chi connectivity index (χ1v) is 8.67. The van der Waals surface area contributed by atoms with Crippen LogP contribution in [0.5, 0.6) is 5.88 Å². The third-order valence-electron chi connectivity index (χ3n) is 2.48. The molecule has 1 amide bonds. The van der Waals surface area contributed by atoms with E-state index in [0.29, 0.717) is 5.69 Å². The van der Waals surface area contributed by atoms with Crippen LogP contribution in [0.2, 0.25) is 0 Å². The number of nitrogens with zero attached hydrogens (tertiary/aromatic N) is 2. The highest BCUT2D eigenvalue weighted by molar-refractivity contribution is 7.90. The van der Waals surface area contributed by atoms with Gasteiger partial charge in [-0.15, -0.1) is 11.3 Å². The molecule has 2 aromatic rings. The van der Waals surface area contributed by atoms with E-state index in [9.17, 15) is 26.4 Å². The SMILES string of the molecule is O=C(Cc1cscn1)NS(=O)(=O)c1ccc(OCC(F)(F)F)nc1. The lowest BCUT2D eigenvalue weighted by molar-refractivity contribution is -0.154. The summed E-state index contributed by atoms with van der Waals surface area (Å²) >= 11 is 1.26. The molecule has 0 spiro atoms. The van der Waals surface area contributed by atoms with Crippen molar-refractivity contribution in [2.75, 3.05) is 6.61 Å². The molecule has 0 saturated heterocycles. The van der Waals surface area contributed by atoms with Gasteiger partial charge in [0.15, 0.2) is 6.61 Å². The predicted octanol–water partition coefficient (Wildman–Crippen LogP) is 1.53. The Morgan fingerprint density at radius 3 is 2.58 bits per heavy atom. The number of carbonyl (C=O) groups excluding carboxylic acids is 1. The molecule has 2 heterocycles. The van der Waals surface area contributed by atoms with Gasteiger partial charge in [-0.3, -0.25) is 4.79 Å². The van der Waals surface area contributed by atoms with Crippen LogP contribution in [0.25, 0.3) is 0 Å². The second-order valence-electron chi connectivity index (χ2n) is 4.42. The first-order chi connectivity index (χ1) is 11.2. The number of sulfonamides is 1. The number of pyridine rings is 1. The van der Waals surface area contributed by atoms with Gasteiger partial charge < -0.3 is 4.74 Å². The third kappa shape index (κ3) is 5.45. The molecular formula is C12H10F3N3O4S2. The number of amides is 1. The van der Waals surface area contributed by atoms with Gasteiger partial charge in [-0.2, -0.15) is 13.2 Å². The zero-order valence-corrected chi connectivity index (χ0v) is 13.4. The summed E-state index contributed by atoms with van der Waals surface area (Å²) < 4.78 is 66.2. The molecule has 0 radical (unpaired) electrons. The largest absolute Gasteiger partial charge is 0.468 e. The minimum absolute atomic E-state index is 0.219. The number of nitrogens with one attached hydrogen (secondary N) is 1. The Balaban J connectivity index is 1.99. The molecule has 130 valence electrons. The standard InChI is InChI=1S/C12H10F3N3O4S2/c13-12(14,15)6-22-11-2-1-9(4-16-11)24(20,21)18-10(19)3-8-5-23-7-17-8/h1-2,4-5,7H,3,6H2,(H,18,19). The number of hydrogen-bond acceptors (Lipinski definition) is 7. The summed E-state index contributed by atoms with van der Waals surface area (Å²) in [7, 11) is -4.19. The van der Waals surface area contributed by atoms with Gasteiger partial charge in [0.05, 0.1) is 23.8 Å². The Kier molecular flexibility index (Phi) is 5.39. The van der Waals surface area contributed by atoms with Crippen LogP contribution in [0.3, 0.4) is 0 Å². The number of hydrogen-bond donors (Lipinski definition) is 1. The van der Waals surface area contributed by atoms with Crippen LogP contribution >= 0.6 is 11.3 Å². The molecule has 1 N–H and O–H groups in total. The summed E-state index contributed by atoms with van der Waals surface area (Å²) in [6.45, 7) is -1.55. The van der Waals surface area contributed by atoms with Crippen LogP contribution in [0.1, 0.15) is 5.69 Å². The van der Waals surface area contributed by atoms with Crippen molar-refractivity contribution >= 4 is 27.3 Å². The maximum atomic E-state index is 12.0. The van der Waals surface area contributed by atoms with Crippen molar-refractivity contribution in [2.45, 2.75) is 17.5 Å². The maximum Gasteiger partial charge on any atom is 0.422 e. The highest BCUT2D eigenvalue weighted by atomic mass is 32.2. The summed E-state index contributed by atoms with van der Waals surface area (Å²) in [5, 5.41) is 1.60. The van der Waals surface area contributed by atoms with E-state index >= 15 is 0 Å². The number of ether oxygens (including phenoxy) is 1. The highest BCUT2D eigenvalue weighted by Crippen LogP contribution is 2.18. The summed E-state index contributed by atoms with van der Waals surface area (Å²) in [6.07, 6.45) is -3.96. The Labute approximate surface area is 138 Å². The quantitative estimate of drug-likeness (QED) is 0.815. The van der Waals surface area contributed by atoms with E-state index in [-0.39, 0.29) is 17.2 Å². The topological polar surface area (TPSA) is 98.2 Å². The molecule has 0 unspecified atom stereocenters. The summed E-state index contributed by atoms with van der Waals surface area (Å²) in [5.41, 5.74) is 1.92. The van der Waals surface area contributed by atoms with Crippen molar-refractivity contribution < 1.29 is 31.1 Å².